The van der Waals surface area contributed by atoms with Crippen LogP contribution in [-0.2, 0) is 65.0 Å². The number of hydrogen-bond acceptors (Lipinski definition) is 28. The zero-order valence-electron chi connectivity index (χ0n) is 61.6. The van der Waals surface area contributed by atoms with E-state index < -0.39 is 191 Å². The largest absolute Gasteiger partial charge is 2.00 e. The molecule has 36 nitrogen and oxygen atoms in total. The molecule has 0 aromatic rings. The van der Waals surface area contributed by atoms with Gasteiger partial charge in [-0.05, 0) is 136 Å². The van der Waals surface area contributed by atoms with Gasteiger partial charge in [-0.1, -0.05) is 64.2 Å². The first-order chi connectivity index (χ1) is 52.8. The van der Waals surface area contributed by atoms with Gasteiger partial charge in [0.2, 0.25) is 0 Å². The molecule has 16 bridgehead atoms. The van der Waals surface area contributed by atoms with Crippen molar-refractivity contribution >= 4 is 59.7 Å². The SMILES string of the molecule is O=C(O)C1CCCC2C3NC4NC(NC5NC(NC6NC(NC(N3)C12)C1C(C(=O)O)C(C(=O)O)C(C(=O)O)C(C(=O)[O-])C61)C1CCCCC51)C1CCCCC41.O=C(O)C1CCCC2C3NC4NC(NC5NC(NC6NC(NC(N3)C12)C1C(C(=O)O)C(C(=O)O)C(C(=O)O)C(C(=O)[O-])C61)C1CCCCC51)C1CCCCC41.[Fe+2]. The van der Waals surface area contributed by atoms with Gasteiger partial charge in [-0.3, -0.25) is 123 Å². The van der Waals surface area contributed by atoms with Gasteiger partial charge in [-0.2, -0.15) is 0 Å². The standard InChI is InChI=1S/2C37H56N8O10.Fe/c2*46-33(47)17-11-5-10-16-18(17)30-43-29(16)41-27-13-7-2-1-6-12(13)25(39-27)38-26-14-8-3-4-9-15(14)28(40-26)42-31-19-20(32(44-30)45-31)22(35(50)51)24(37(54)55)23(36(52)53)21(19)34(48)49;/h2*12-32,38-45H,1-11H2,(H,46,47)(H,48,49)(H,50,51)(H,52,53)(H,54,55);/q;;+2/p-2. The minimum absolute atomic E-state index is 0. The van der Waals surface area contributed by atoms with E-state index in [0.29, 0.717) is 36.5 Å². The number of nitrogens with one attached hydrogen (secondary N) is 16. The van der Waals surface area contributed by atoms with E-state index in [9.17, 15) is 99.0 Å². The van der Waals surface area contributed by atoms with Gasteiger partial charge in [0.25, 0.3) is 0 Å². The van der Waals surface area contributed by atoms with Crippen LogP contribution in [0.25, 0.3) is 0 Å². The second-order valence-electron chi connectivity index (χ2n) is 36.2. The molecule has 0 spiro atoms. The Balaban J connectivity index is 0.000000167. The van der Waals surface area contributed by atoms with E-state index in [2.05, 4.69) is 85.1 Å². The fraction of sp³-hybridized carbons (Fsp3) is 0.865. The summed E-state index contributed by atoms with van der Waals surface area (Å²) in [5, 5.41) is 170. The molecule has 18 aliphatic rings. The Bertz CT molecular complexity index is 3380. The minimum atomic E-state index is -2.07. The van der Waals surface area contributed by atoms with E-state index in [1.807, 2.05) is 0 Å². The molecule has 24 N–H and O–H groups in total. The van der Waals surface area contributed by atoms with Crippen LogP contribution in [-0.4, -0.2) is 199 Å². The molecule has 8 aliphatic carbocycles. The minimum Gasteiger partial charge on any atom is -0.550 e. The van der Waals surface area contributed by atoms with Crippen molar-refractivity contribution < 1.29 is 116 Å². The summed E-state index contributed by atoms with van der Waals surface area (Å²) in [6.07, 6.45) is 13.8. The molecule has 18 rings (SSSR count). The number of carbonyl (C=O) groups is 10. The summed E-state index contributed by atoms with van der Waals surface area (Å²) in [6, 6.07) is 0. The molecule has 37 heteroatoms. The van der Waals surface area contributed by atoms with Crippen molar-refractivity contribution in [1.29, 1.82) is 0 Å². The molecule has 614 valence electrons. The average molecular weight is 1600 g/mol. The Labute approximate surface area is 651 Å². The third-order valence-electron chi connectivity index (χ3n) is 31.6. The van der Waals surface area contributed by atoms with Crippen LogP contribution in [0.4, 0.5) is 0 Å². The number of carbonyl (C=O) groups excluding carboxylic acids is 2. The summed E-state index contributed by atoms with van der Waals surface area (Å²) in [5.41, 5.74) is 0. The predicted octanol–water partition coefficient (Wildman–Crippen LogP) is -4.35. The second-order valence-corrected chi connectivity index (χ2v) is 36.2. The Kier molecular flexibility index (Phi) is 22.6. The van der Waals surface area contributed by atoms with Crippen molar-refractivity contribution in [2.24, 2.45) is 154 Å². The van der Waals surface area contributed by atoms with E-state index in [1.165, 1.54) is 0 Å². The Morgan fingerprint density at radius 3 is 0.550 bits per heavy atom. The zero-order chi connectivity index (χ0) is 76.9. The van der Waals surface area contributed by atoms with Crippen molar-refractivity contribution in [3.8, 4) is 0 Å². The maximum atomic E-state index is 13.2. The first-order valence-electron chi connectivity index (χ1n) is 41.3. The smallest absolute Gasteiger partial charge is 0.550 e. The molecule has 18 fully saturated rings. The van der Waals surface area contributed by atoms with Crippen LogP contribution in [0, 0.1) is 154 Å². The summed E-state index contributed by atoms with van der Waals surface area (Å²) >= 11 is 0. The number of carboxylic acid groups (broad SMARTS) is 10. The number of carboxylic acids is 10. The van der Waals surface area contributed by atoms with Crippen LogP contribution in [0.5, 0.6) is 0 Å². The van der Waals surface area contributed by atoms with Gasteiger partial charge in [-0.25, -0.2) is 0 Å². The molecule has 42 unspecified atom stereocenters. The molecule has 8 saturated carbocycles. The molecule has 0 aromatic heterocycles. The van der Waals surface area contributed by atoms with Gasteiger partial charge in [0, 0.05) is 59.3 Å². The molecule has 0 aromatic carbocycles. The third-order valence-corrected chi connectivity index (χ3v) is 31.6. The molecular formula is C74H110FeN16O20. The summed E-state index contributed by atoms with van der Waals surface area (Å²) in [4.78, 5) is 130. The second kappa shape index (κ2) is 31.6. The summed E-state index contributed by atoms with van der Waals surface area (Å²) in [5.74, 6) is -36.0. The van der Waals surface area contributed by atoms with E-state index in [-0.39, 0.29) is 114 Å². The number of rotatable bonds is 10. The molecule has 10 aliphatic heterocycles. The van der Waals surface area contributed by atoms with Crippen LogP contribution in [0.15, 0.2) is 0 Å². The predicted molar refractivity (Wildman–Crippen MR) is 374 cm³/mol. The van der Waals surface area contributed by atoms with Crippen molar-refractivity contribution in [1.82, 2.24) is 85.1 Å². The molecular weight excluding hydrogens is 1490 g/mol. The van der Waals surface area contributed by atoms with E-state index in [4.69, 9.17) is 0 Å². The fourth-order valence-electron chi connectivity index (χ4n) is 27.6. The normalized spacial score (nSPS) is 51.1. The van der Waals surface area contributed by atoms with E-state index >= 15 is 0 Å². The van der Waals surface area contributed by atoms with Gasteiger partial charge >= 0.3 is 64.8 Å². The van der Waals surface area contributed by atoms with Gasteiger partial charge in [0.15, 0.2) is 0 Å². The van der Waals surface area contributed by atoms with E-state index in [1.54, 1.807) is 0 Å². The quantitative estimate of drug-likeness (QED) is 0.0919. The fourth-order valence-corrected chi connectivity index (χ4v) is 27.6. The van der Waals surface area contributed by atoms with Crippen LogP contribution in [0.1, 0.15) is 141 Å². The van der Waals surface area contributed by atoms with Crippen molar-refractivity contribution in [3.05, 3.63) is 0 Å². The van der Waals surface area contributed by atoms with Crippen LogP contribution < -0.4 is 95.3 Å². The summed E-state index contributed by atoms with van der Waals surface area (Å²) in [6.45, 7) is 0. The van der Waals surface area contributed by atoms with Gasteiger partial charge in [-0.15, -0.1) is 0 Å². The summed E-state index contributed by atoms with van der Waals surface area (Å²) in [7, 11) is 0. The van der Waals surface area contributed by atoms with Gasteiger partial charge in [0.1, 0.15) is 0 Å². The molecule has 111 heavy (non-hydrogen) atoms. The topological polar surface area (TPSA) is 571 Å². The van der Waals surface area contributed by atoms with Crippen LogP contribution in [0.3, 0.4) is 0 Å². The maximum Gasteiger partial charge on any atom is 2.00 e. The van der Waals surface area contributed by atoms with Gasteiger partial charge < -0.3 is 60.7 Å². The van der Waals surface area contributed by atoms with Crippen LogP contribution >= 0.6 is 0 Å². The van der Waals surface area contributed by atoms with Crippen molar-refractivity contribution in [3.63, 3.8) is 0 Å². The van der Waals surface area contributed by atoms with E-state index in [0.717, 1.165) is 128 Å². The maximum absolute atomic E-state index is 13.2. The number of hydrogen-bond donors (Lipinski definition) is 24. The molecule has 10 saturated heterocycles. The Morgan fingerprint density at radius 1 is 0.189 bits per heavy atom. The molecule has 0 amide bonds. The molecule has 0 radical (unpaired) electrons. The first-order valence-corrected chi connectivity index (χ1v) is 41.3. The molecule has 10 heterocycles. The first kappa shape index (κ1) is 79.4. The average Bonchev–Trinajstić information content (AvgIpc) is 1.63. The zero-order valence-corrected chi connectivity index (χ0v) is 62.7. The Morgan fingerprint density at radius 2 is 0.351 bits per heavy atom. The van der Waals surface area contributed by atoms with Crippen molar-refractivity contribution in [2.45, 2.75) is 240 Å². The monoisotopic (exact) mass is 1600 g/mol. The third kappa shape index (κ3) is 13.8. The number of aliphatic carboxylic acids is 10. The summed E-state index contributed by atoms with van der Waals surface area (Å²) < 4.78 is 0. The Hall–Kier alpha value is -5.42. The van der Waals surface area contributed by atoms with Gasteiger partial charge in [0.05, 0.1) is 146 Å². The van der Waals surface area contributed by atoms with Crippen LogP contribution in [0.2, 0.25) is 0 Å². The molecule has 42 atom stereocenters. The van der Waals surface area contributed by atoms with Crippen molar-refractivity contribution in [2.75, 3.05) is 0 Å². The number of fused-ring (bicyclic) bond motifs is 40.